The standard InChI is InChI=1S/C28H26N2O4S2/c1-2-33-27(32)23-20-15-9-10-16-21(20)36-26(23)29-22(31)17-35-28-30-24(18-11-5-3-6-12-18)25(34-28)19-13-7-4-8-14-19/h3-8,11-14H,2,9-10,15-17H2,1H3,(H,29,31). The van der Waals surface area contributed by atoms with Gasteiger partial charge in [-0.3, -0.25) is 4.79 Å². The first-order valence-electron chi connectivity index (χ1n) is 12.0. The fraction of sp³-hybridized carbons (Fsp3) is 0.250. The van der Waals surface area contributed by atoms with Gasteiger partial charge in [-0.15, -0.1) is 11.3 Å². The first kappa shape index (κ1) is 24.3. The molecule has 1 aliphatic carbocycles. The van der Waals surface area contributed by atoms with E-state index >= 15 is 0 Å². The van der Waals surface area contributed by atoms with E-state index in [0.29, 0.717) is 28.2 Å². The summed E-state index contributed by atoms with van der Waals surface area (Å²) < 4.78 is 11.4. The predicted octanol–water partition coefficient (Wildman–Crippen LogP) is 6.86. The van der Waals surface area contributed by atoms with Crippen LogP contribution in [0.3, 0.4) is 0 Å². The van der Waals surface area contributed by atoms with Crippen molar-refractivity contribution in [3.63, 3.8) is 0 Å². The van der Waals surface area contributed by atoms with Crippen molar-refractivity contribution in [2.45, 2.75) is 37.8 Å². The van der Waals surface area contributed by atoms with Crippen LogP contribution in [0.1, 0.15) is 40.6 Å². The van der Waals surface area contributed by atoms with Gasteiger partial charge in [-0.05, 0) is 38.2 Å². The number of benzene rings is 2. The lowest BCUT2D eigenvalue weighted by Gasteiger charge is -2.12. The summed E-state index contributed by atoms with van der Waals surface area (Å²) in [6.45, 7) is 2.08. The van der Waals surface area contributed by atoms with Crippen molar-refractivity contribution in [3.05, 3.63) is 76.7 Å². The molecule has 0 fully saturated rings. The van der Waals surface area contributed by atoms with Gasteiger partial charge in [0.2, 0.25) is 5.91 Å². The van der Waals surface area contributed by atoms with Gasteiger partial charge in [0.15, 0.2) is 5.76 Å². The second-order valence-electron chi connectivity index (χ2n) is 8.36. The Kier molecular flexibility index (Phi) is 7.53. The molecule has 1 N–H and O–H groups in total. The number of rotatable bonds is 8. The Bertz CT molecular complexity index is 1310. The fourth-order valence-electron chi connectivity index (χ4n) is 4.30. The second-order valence-corrected chi connectivity index (χ2v) is 10.4. The number of thiophene rings is 1. The number of amides is 1. The van der Waals surface area contributed by atoms with Gasteiger partial charge in [0.1, 0.15) is 10.7 Å². The molecule has 2 aromatic heterocycles. The number of thioether (sulfide) groups is 1. The number of nitrogens with zero attached hydrogens (tertiary/aromatic N) is 1. The van der Waals surface area contributed by atoms with Crippen LogP contribution in [0.5, 0.6) is 0 Å². The number of anilines is 1. The van der Waals surface area contributed by atoms with E-state index in [1.807, 2.05) is 60.7 Å². The first-order valence-corrected chi connectivity index (χ1v) is 13.8. The Balaban J connectivity index is 1.35. The number of nitrogens with one attached hydrogen (secondary N) is 1. The van der Waals surface area contributed by atoms with E-state index in [4.69, 9.17) is 14.1 Å². The molecular formula is C28H26N2O4S2. The number of hydrogen-bond acceptors (Lipinski definition) is 7. The van der Waals surface area contributed by atoms with E-state index in [0.717, 1.165) is 48.1 Å². The van der Waals surface area contributed by atoms with Gasteiger partial charge in [-0.2, -0.15) is 0 Å². The van der Waals surface area contributed by atoms with Crippen molar-refractivity contribution in [1.29, 1.82) is 0 Å². The smallest absolute Gasteiger partial charge is 0.341 e. The number of aryl methyl sites for hydroxylation is 1. The second kappa shape index (κ2) is 11.1. The summed E-state index contributed by atoms with van der Waals surface area (Å²) in [5.74, 6) is 0.186. The monoisotopic (exact) mass is 518 g/mol. The average Bonchev–Trinajstić information content (AvgIpc) is 3.50. The molecule has 2 heterocycles. The SMILES string of the molecule is CCOC(=O)c1c(NC(=O)CSc2nc(-c3ccccc3)c(-c3ccccc3)o2)sc2c1CCCC2. The molecule has 36 heavy (non-hydrogen) atoms. The minimum Gasteiger partial charge on any atom is -0.462 e. The Morgan fingerprint density at radius 1 is 1.03 bits per heavy atom. The van der Waals surface area contributed by atoms with Crippen LogP contribution < -0.4 is 5.32 Å². The molecule has 0 bridgehead atoms. The molecular weight excluding hydrogens is 492 g/mol. The summed E-state index contributed by atoms with van der Waals surface area (Å²) in [7, 11) is 0. The molecule has 0 saturated heterocycles. The van der Waals surface area contributed by atoms with E-state index in [2.05, 4.69) is 5.32 Å². The van der Waals surface area contributed by atoms with Crippen molar-refractivity contribution >= 4 is 40.0 Å². The van der Waals surface area contributed by atoms with Crippen molar-refractivity contribution in [2.75, 3.05) is 17.7 Å². The maximum absolute atomic E-state index is 12.9. The van der Waals surface area contributed by atoms with E-state index < -0.39 is 0 Å². The molecule has 1 aliphatic rings. The fourth-order valence-corrected chi connectivity index (χ4v) is 6.22. The molecule has 0 radical (unpaired) electrons. The molecule has 8 heteroatoms. The van der Waals surface area contributed by atoms with E-state index in [1.54, 1.807) is 6.92 Å². The molecule has 0 atom stereocenters. The molecule has 0 aliphatic heterocycles. The number of aromatic nitrogens is 1. The summed E-state index contributed by atoms with van der Waals surface area (Å²) in [6.07, 6.45) is 3.90. The summed E-state index contributed by atoms with van der Waals surface area (Å²) >= 11 is 2.72. The number of fused-ring (bicyclic) bond motifs is 1. The third-order valence-electron chi connectivity index (χ3n) is 5.92. The first-order chi connectivity index (χ1) is 17.6. The zero-order chi connectivity index (χ0) is 24.9. The third-order valence-corrected chi connectivity index (χ3v) is 7.96. The highest BCUT2D eigenvalue weighted by molar-refractivity contribution is 7.99. The number of carbonyl (C=O) groups is 2. The third kappa shape index (κ3) is 5.24. The Hall–Kier alpha value is -3.36. The quantitative estimate of drug-likeness (QED) is 0.203. The van der Waals surface area contributed by atoms with Gasteiger partial charge in [0.25, 0.3) is 5.22 Å². The average molecular weight is 519 g/mol. The maximum atomic E-state index is 12.9. The largest absolute Gasteiger partial charge is 0.462 e. The number of carbonyl (C=O) groups excluding carboxylic acids is 2. The highest BCUT2D eigenvalue weighted by Crippen LogP contribution is 2.39. The summed E-state index contributed by atoms with van der Waals surface area (Å²) in [5.41, 5.74) is 4.15. The normalized spacial score (nSPS) is 12.7. The van der Waals surface area contributed by atoms with Crippen LogP contribution in [0.15, 0.2) is 70.3 Å². The Morgan fingerprint density at radius 2 is 1.72 bits per heavy atom. The van der Waals surface area contributed by atoms with Crippen molar-refractivity contribution in [3.8, 4) is 22.6 Å². The van der Waals surface area contributed by atoms with Gasteiger partial charge in [-0.1, -0.05) is 72.4 Å². The van der Waals surface area contributed by atoms with Gasteiger partial charge in [0.05, 0.1) is 17.9 Å². The highest BCUT2D eigenvalue weighted by atomic mass is 32.2. The van der Waals surface area contributed by atoms with Crippen LogP contribution >= 0.6 is 23.1 Å². The van der Waals surface area contributed by atoms with Crippen molar-refractivity contribution < 1.29 is 18.7 Å². The molecule has 1 amide bonds. The van der Waals surface area contributed by atoms with E-state index in [9.17, 15) is 9.59 Å². The van der Waals surface area contributed by atoms with Crippen LogP contribution in [0, 0.1) is 0 Å². The van der Waals surface area contributed by atoms with Crippen LogP contribution in [-0.4, -0.2) is 29.2 Å². The van der Waals surface area contributed by atoms with Crippen LogP contribution in [-0.2, 0) is 22.4 Å². The predicted molar refractivity (Wildman–Crippen MR) is 144 cm³/mol. The lowest BCUT2D eigenvalue weighted by molar-refractivity contribution is -0.113. The van der Waals surface area contributed by atoms with E-state index in [-0.39, 0.29) is 17.6 Å². The van der Waals surface area contributed by atoms with Gasteiger partial charge < -0.3 is 14.5 Å². The molecule has 0 saturated carbocycles. The van der Waals surface area contributed by atoms with Crippen LogP contribution in [0.4, 0.5) is 5.00 Å². The van der Waals surface area contributed by atoms with E-state index in [1.165, 1.54) is 28.0 Å². The molecule has 0 spiro atoms. The maximum Gasteiger partial charge on any atom is 0.341 e. The summed E-state index contributed by atoms with van der Waals surface area (Å²) in [6, 6.07) is 19.7. The van der Waals surface area contributed by atoms with Crippen molar-refractivity contribution in [2.24, 2.45) is 0 Å². The minimum atomic E-state index is -0.368. The molecule has 4 aromatic rings. The highest BCUT2D eigenvalue weighted by Gasteiger charge is 2.27. The number of esters is 1. The number of oxazole rings is 1. The van der Waals surface area contributed by atoms with Crippen molar-refractivity contribution in [1.82, 2.24) is 4.98 Å². The molecule has 6 nitrogen and oxygen atoms in total. The summed E-state index contributed by atoms with van der Waals surface area (Å²) in [4.78, 5) is 31.5. The molecule has 2 aromatic carbocycles. The lowest BCUT2D eigenvalue weighted by atomic mass is 9.95. The van der Waals surface area contributed by atoms with Gasteiger partial charge in [-0.25, -0.2) is 9.78 Å². The molecule has 0 unspecified atom stereocenters. The molecule has 5 rings (SSSR count). The zero-order valence-electron chi connectivity index (χ0n) is 19.9. The lowest BCUT2D eigenvalue weighted by Crippen LogP contribution is -2.17. The number of hydrogen-bond donors (Lipinski definition) is 1. The minimum absolute atomic E-state index is 0.105. The van der Waals surface area contributed by atoms with Gasteiger partial charge in [0, 0.05) is 16.0 Å². The summed E-state index contributed by atoms with van der Waals surface area (Å²) in [5, 5.41) is 3.94. The van der Waals surface area contributed by atoms with Crippen LogP contribution in [0.25, 0.3) is 22.6 Å². The topological polar surface area (TPSA) is 81.4 Å². The number of ether oxygens (including phenoxy) is 1. The van der Waals surface area contributed by atoms with Gasteiger partial charge >= 0.3 is 5.97 Å². The zero-order valence-corrected chi connectivity index (χ0v) is 21.5. The molecule has 184 valence electrons. The Labute approximate surface area is 218 Å². The van der Waals surface area contributed by atoms with Crippen LogP contribution in [0.2, 0.25) is 0 Å². The Morgan fingerprint density at radius 3 is 2.44 bits per heavy atom.